The van der Waals surface area contributed by atoms with Crippen LogP contribution in [0.2, 0.25) is 0 Å². The average Bonchev–Trinajstić information content (AvgIpc) is 2.39. The number of hydrogen-bond acceptors (Lipinski definition) is 2. The van der Waals surface area contributed by atoms with Crippen molar-refractivity contribution in [3.63, 3.8) is 0 Å². The molecular weight excluding hydrogens is 274 g/mol. The first-order chi connectivity index (χ1) is 9.52. The van der Waals surface area contributed by atoms with E-state index in [1.165, 1.54) is 19.2 Å². The van der Waals surface area contributed by atoms with Crippen LogP contribution >= 0.6 is 0 Å². The highest BCUT2D eigenvalue weighted by Crippen LogP contribution is 2.23. The lowest BCUT2D eigenvalue weighted by molar-refractivity contribution is 0.384. The molecule has 0 aromatic heterocycles. The SMILES string of the molecule is COc1cccc(CNc2c(F)cc(F)cc2F)c1F. The van der Waals surface area contributed by atoms with Gasteiger partial charge in [-0.15, -0.1) is 0 Å². The number of nitrogens with one attached hydrogen (secondary N) is 1. The number of anilines is 1. The molecule has 0 saturated heterocycles. The van der Waals surface area contributed by atoms with Gasteiger partial charge in [-0.3, -0.25) is 0 Å². The van der Waals surface area contributed by atoms with Crippen LogP contribution in [-0.2, 0) is 6.54 Å². The summed E-state index contributed by atoms with van der Waals surface area (Å²) in [5.41, 5.74) is -0.332. The van der Waals surface area contributed by atoms with E-state index in [1.54, 1.807) is 6.07 Å². The molecule has 0 fully saturated rings. The Morgan fingerprint density at radius 1 is 1.05 bits per heavy atom. The highest BCUT2D eigenvalue weighted by molar-refractivity contribution is 5.47. The van der Waals surface area contributed by atoms with Gasteiger partial charge in [-0.2, -0.15) is 0 Å². The fourth-order valence-corrected chi connectivity index (χ4v) is 1.75. The molecule has 0 aliphatic carbocycles. The number of benzene rings is 2. The van der Waals surface area contributed by atoms with Gasteiger partial charge >= 0.3 is 0 Å². The van der Waals surface area contributed by atoms with Crippen LogP contribution in [0.25, 0.3) is 0 Å². The fourth-order valence-electron chi connectivity index (χ4n) is 1.75. The van der Waals surface area contributed by atoms with E-state index < -0.39 is 29.0 Å². The molecule has 0 atom stereocenters. The van der Waals surface area contributed by atoms with Crippen LogP contribution in [0.4, 0.5) is 23.2 Å². The highest BCUT2D eigenvalue weighted by Gasteiger charge is 2.13. The van der Waals surface area contributed by atoms with Crippen LogP contribution in [0.15, 0.2) is 30.3 Å². The molecule has 0 aliphatic heterocycles. The van der Waals surface area contributed by atoms with Gasteiger partial charge in [0, 0.05) is 24.2 Å². The van der Waals surface area contributed by atoms with Crippen LogP contribution < -0.4 is 10.1 Å². The van der Waals surface area contributed by atoms with Gasteiger partial charge in [0.15, 0.2) is 23.2 Å². The first kappa shape index (κ1) is 14.2. The van der Waals surface area contributed by atoms with E-state index in [-0.39, 0.29) is 17.9 Å². The quantitative estimate of drug-likeness (QED) is 0.861. The summed E-state index contributed by atoms with van der Waals surface area (Å²) >= 11 is 0. The average molecular weight is 285 g/mol. The topological polar surface area (TPSA) is 21.3 Å². The van der Waals surface area contributed by atoms with E-state index in [4.69, 9.17) is 4.74 Å². The Hall–Kier alpha value is -2.24. The molecule has 0 saturated carbocycles. The molecule has 20 heavy (non-hydrogen) atoms. The third-order valence-electron chi connectivity index (χ3n) is 2.73. The maximum absolute atomic E-state index is 13.8. The van der Waals surface area contributed by atoms with E-state index in [0.717, 1.165) is 0 Å². The van der Waals surface area contributed by atoms with Gasteiger partial charge in [0.2, 0.25) is 0 Å². The molecule has 2 rings (SSSR count). The van der Waals surface area contributed by atoms with Gasteiger partial charge in [-0.1, -0.05) is 12.1 Å². The molecule has 0 aliphatic rings. The van der Waals surface area contributed by atoms with Gasteiger partial charge in [-0.05, 0) is 6.07 Å². The number of halogens is 4. The van der Waals surface area contributed by atoms with Crippen molar-refractivity contribution in [2.24, 2.45) is 0 Å². The summed E-state index contributed by atoms with van der Waals surface area (Å²) in [6.07, 6.45) is 0. The molecule has 2 nitrogen and oxygen atoms in total. The Labute approximate surface area is 113 Å². The Morgan fingerprint density at radius 3 is 2.30 bits per heavy atom. The second kappa shape index (κ2) is 5.81. The Morgan fingerprint density at radius 2 is 1.70 bits per heavy atom. The van der Waals surface area contributed by atoms with E-state index in [2.05, 4.69) is 5.32 Å². The van der Waals surface area contributed by atoms with Crippen LogP contribution in [0.3, 0.4) is 0 Å². The molecule has 0 spiro atoms. The summed E-state index contributed by atoms with van der Waals surface area (Å²) in [4.78, 5) is 0. The summed E-state index contributed by atoms with van der Waals surface area (Å²) in [6.45, 7) is -0.164. The molecule has 0 bridgehead atoms. The molecule has 0 radical (unpaired) electrons. The highest BCUT2D eigenvalue weighted by atomic mass is 19.1. The van der Waals surface area contributed by atoms with Crippen molar-refractivity contribution in [2.75, 3.05) is 12.4 Å². The van der Waals surface area contributed by atoms with Gasteiger partial charge < -0.3 is 10.1 Å². The van der Waals surface area contributed by atoms with Gasteiger partial charge in [0.1, 0.15) is 11.5 Å². The number of methoxy groups -OCH3 is 1. The largest absolute Gasteiger partial charge is 0.494 e. The summed E-state index contributed by atoms with van der Waals surface area (Å²) in [6, 6.07) is 5.53. The normalized spacial score (nSPS) is 10.4. The van der Waals surface area contributed by atoms with E-state index in [1.807, 2.05) is 0 Å². The third kappa shape index (κ3) is 2.84. The maximum Gasteiger partial charge on any atom is 0.170 e. The monoisotopic (exact) mass is 285 g/mol. The molecule has 2 aromatic carbocycles. The Bertz CT molecular complexity index is 608. The maximum atomic E-state index is 13.8. The second-order valence-electron chi connectivity index (χ2n) is 4.03. The van der Waals surface area contributed by atoms with Crippen molar-refractivity contribution in [1.29, 1.82) is 0 Å². The summed E-state index contributed by atoms with van der Waals surface area (Å²) in [7, 11) is 1.31. The van der Waals surface area contributed by atoms with Crippen LogP contribution in [0.5, 0.6) is 5.75 Å². The van der Waals surface area contributed by atoms with Crippen molar-refractivity contribution in [3.8, 4) is 5.75 Å². The van der Waals surface area contributed by atoms with Crippen LogP contribution in [0, 0.1) is 23.3 Å². The summed E-state index contributed by atoms with van der Waals surface area (Å²) < 4.78 is 58.2. The van der Waals surface area contributed by atoms with E-state index >= 15 is 0 Å². The molecular formula is C14H11F4NO. The lowest BCUT2D eigenvalue weighted by Gasteiger charge is -2.11. The molecule has 0 unspecified atom stereocenters. The van der Waals surface area contributed by atoms with E-state index in [0.29, 0.717) is 12.1 Å². The summed E-state index contributed by atoms with van der Waals surface area (Å²) in [5.74, 6) is -3.76. The zero-order chi connectivity index (χ0) is 14.7. The lowest BCUT2D eigenvalue weighted by Crippen LogP contribution is -2.06. The minimum atomic E-state index is -1.08. The minimum Gasteiger partial charge on any atom is -0.494 e. The van der Waals surface area contributed by atoms with Crippen LogP contribution in [0.1, 0.15) is 5.56 Å². The molecule has 106 valence electrons. The van der Waals surface area contributed by atoms with Gasteiger partial charge in [-0.25, -0.2) is 17.6 Å². The summed E-state index contributed by atoms with van der Waals surface area (Å²) in [5, 5.41) is 2.40. The smallest absolute Gasteiger partial charge is 0.170 e. The van der Waals surface area contributed by atoms with Crippen LogP contribution in [-0.4, -0.2) is 7.11 Å². The van der Waals surface area contributed by atoms with Crippen molar-refractivity contribution in [1.82, 2.24) is 0 Å². The first-order valence-corrected chi connectivity index (χ1v) is 5.72. The lowest BCUT2D eigenvalue weighted by atomic mass is 10.2. The minimum absolute atomic E-state index is 0.0318. The Kier molecular flexibility index (Phi) is 4.12. The number of hydrogen-bond donors (Lipinski definition) is 1. The first-order valence-electron chi connectivity index (χ1n) is 5.72. The van der Waals surface area contributed by atoms with Crippen molar-refractivity contribution in [3.05, 3.63) is 59.2 Å². The third-order valence-corrected chi connectivity index (χ3v) is 2.73. The zero-order valence-corrected chi connectivity index (χ0v) is 10.5. The number of rotatable bonds is 4. The van der Waals surface area contributed by atoms with E-state index in [9.17, 15) is 17.6 Å². The van der Waals surface area contributed by atoms with Crippen molar-refractivity contribution in [2.45, 2.75) is 6.54 Å². The fraction of sp³-hybridized carbons (Fsp3) is 0.143. The number of ether oxygens (including phenoxy) is 1. The molecule has 1 N–H and O–H groups in total. The van der Waals surface area contributed by atoms with Gasteiger partial charge in [0.05, 0.1) is 7.11 Å². The predicted octanol–water partition coefficient (Wildman–Crippen LogP) is 3.86. The molecule has 0 amide bonds. The standard InChI is InChI=1S/C14H11F4NO/c1-20-12-4-2-3-8(13(12)18)7-19-14-10(16)5-9(15)6-11(14)17/h2-6,19H,7H2,1H3. The molecule has 6 heteroatoms. The molecule has 2 aromatic rings. The zero-order valence-electron chi connectivity index (χ0n) is 10.5. The predicted molar refractivity (Wildman–Crippen MR) is 66.6 cm³/mol. The van der Waals surface area contributed by atoms with Crippen molar-refractivity contribution < 1.29 is 22.3 Å². The molecule has 0 heterocycles. The second-order valence-corrected chi connectivity index (χ2v) is 4.03. The Balaban J connectivity index is 2.21. The van der Waals surface area contributed by atoms with Gasteiger partial charge in [0.25, 0.3) is 0 Å². The van der Waals surface area contributed by atoms with Crippen molar-refractivity contribution >= 4 is 5.69 Å².